The van der Waals surface area contributed by atoms with Gasteiger partial charge in [0.25, 0.3) is 0 Å². The molecule has 0 unspecified atom stereocenters. The lowest BCUT2D eigenvalue weighted by molar-refractivity contribution is -0.113. The Hall–Kier alpha value is -3.06. The number of rotatable bonds is 8. The number of carbonyl (C=O) groups excluding carboxylic acids is 1. The van der Waals surface area contributed by atoms with Crippen LogP contribution < -0.4 is 10.6 Å². The van der Waals surface area contributed by atoms with E-state index in [9.17, 15) is 10.1 Å². The highest BCUT2D eigenvalue weighted by Crippen LogP contribution is 2.15. The highest BCUT2D eigenvalue weighted by atomic mass is 16.1. The van der Waals surface area contributed by atoms with Crippen LogP contribution in [0.2, 0.25) is 0 Å². The topological polar surface area (TPSA) is 64.9 Å². The van der Waals surface area contributed by atoms with Crippen molar-refractivity contribution in [3.8, 4) is 6.07 Å². The minimum absolute atomic E-state index is 0.0855. The molecule has 0 amide bonds. The van der Waals surface area contributed by atoms with Crippen molar-refractivity contribution >= 4 is 17.2 Å². The van der Waals surface area contributed by atoms with Crippen LogP contribution in [0, 0.1) is 11.3 Å². The van der Waals surface area contributed by atoms with Crippen molar-refractivity contribution in [2.24, 2.45) is 0 Å². The van der Waals surface area contributed by atoms with Gasteiger partial charge in [0.15, 0.2) is 5.78 Å². The van der Waals surface area contributed by atoms with Crippen molar-refractivity contribution in [1.29, 1.82) is 5.26 Å². The van der Waals surface area contributed by atoms with Gasteiger partial charge in [0.2, 0.25) is 0 Å². The second-order valence-electron chi connectivity index (χ2n) is 6.11. The summed E-state index contributed by atoms with van der Waals surface area (Å²) in [6.45, 7) is 6.03. The lowest BCUT2D eigenvalue weighted by Gasteiger charge is -2.11. The molecule has 0 bridgehead atoms. The van der Waals surface area contributed by atoms with E-state index >= 15 is 0 Å². The summed E-state index contributed by atoms with van der Waals surface area (Å²) < 4.78 is 0. The Morgan fingerprint density at radius 2 is 1.42 bits per heavy atom. The summed E-state index contributed by atoms with van der Waals surface area (Å²) in [5.41, 5.74) is 4.92. The molecule has 0 aliphatic heterocycles. The summed E-state index contributed by atoms with van der Waals surface area (Å²) in [4.78, 5) is 12.4. The summed E-state index contributed by atoms with van der Waals surface area (Å²) in [5, 5.41) is 15.6. The maximum Gasteiger partial charge on any atom is 0.194 e. The molecule has 0 fully saturated rings. The number of carbonyl (C=O) groups is 1. The van der Waals surface area contributed by atoms with Gasteiger partial charge in [0.05, 0.1) is 6.54 Å². The second kappa shape index (κ2) is 9.43. The largest absolute Gasteiger partial charge is 0.378 e. The summed E-state index contributed by atoms with van der Waals surface area (Å²) in [6.07, 6.45) is 1.95. The van der Waals surface area contributed by atoms with E-state index in [0.29, 0.717) is 5.70 Å². The molecule has 0 aliphatic carbocycles. The maximum absolute atomic E-state index is 12.4. The van der Waals surface area contributed by atoms with E-state index in [1.54, 1.807) is 6.92 Å². The highest BCUT2D eigenvalue weighted by molar-refractivity contribution is 6.02. The van der Waals surface area contributed by atoms with Crippen molar-refractivity contribution in [1.82, 2.24) is 0 Å². The summed E-state index contributed by atoms with van der Waals surface area (Å²) >= 11 is 0. The fourth-order valence-electron chi connectivity index (χ4n) is 2.59. The van der Waals surface area contributed by atoms with E-state index < -0.39 is 0 Å². The molecular formula is C22H25N3O. The summed E-state index contributed by atoms with van der Waals surface area (Å²) in [5.74, 6) is -0.234. The number of hydrogen-bond acceptors (Lipinski definition) is 4. The zero-order valence-corrected chi connectivity index (χ0v) is 15.6. The van der Waals surface area contributed by atoms with E-state index in [0.717, 1.165) is 24.2 Å². The molecule has 2 rings (SSSR count). The number of ketones is 1. The molecule has 134 valence electrons. The molecule has 0 aliphatic rings. The SMILES string of the molecule is CCc1ccc(NCC(=O)C(C#N)=C(C)Nc2ccc(CC)cc2)cc1. The van der Waals surface area contributed by atoms with Crippen LogP contribution in [0.5, 0.6) is 0 Å². The van der Waals surface area contributed by atoms with E-state index in [4.69, 9.17) is 0 Å². The van der Waals surface area contributed by atoms with Crippen LogP contribution in [-0.4, -0.2) is 12.3 Å². The smallest absolute Gasteiger partial charge is 0.194 e. The van der Waals surface area contributed by atoms with E-state index in [1.807, 2.05) is 54.6 Å². The predicted molar refractivity (Wildman–Crippen MR) is 107 cm³/mol. The first-order valence-electron chi connectivity index (χ1n) is 8.90. The standard InChI is InChI=1S/C22H25N3O/c1-4-17-6-10-19(11-7-17)24-15-22(26)21(14-23)16(3)25-20-12-8-18(5-2)9-13-20/h6-13,24-25H,4-5,15H2,1-3H3. The first kappa shape index (κ1) is 19.3. The third-order valence-corrected chi connectivity index (χ3v) is 4.27. The molecule has 0 aromatic heterocycles. The number of aryl methyl sites for hydroxylation is 2. The quantitative estimate of drug-likeness (QED) is 0.536. The third kappa shape index (κ3) is 5.22. The number of nitrogens with one attached hydrogen (secondary N) is 2. The molecule has 0 heterocycles. The van der Waals surface area contributed by atoms with Gasteiger partial charge in [-0.05, 0) is 55.2 Å². The number of nitriles is 1. The zero-order chi connectivity index (χ0) is 18.9. The van der Waals surface area contributed by atoms with Crippen molar-refractivity contribution in [2.45, 2.75) is 33.6 Å². The van der Waals surface area contributed by atoms with Gasteiger partial charge in [0.1, 0.15) is 11.6 Å². The molecule has 2 aromatic carbocycles. The van der Waals surface area contributed by atoms with Crippen molar-refractivity contribution in [3.63, 3.8) is 0 Å². The number of benzene rings is 2. The molecule has 2 aromatic rings. The van der Waals surface area contributed by atoms with Gasteiger partial charge >= 0.3 is 0 Å². The molecule has 4 heteroatoms. The lowest BCUT2D eigenvalue weighted by atomic mass is 10.1. The van der Waals surface area contributed by atoms with Crippen LogP contribution >= 0.6 is 0 Å². The Kier molecular flexibility index (Phi) is 6.99. The minimum atomic E-state index is -0.234. The minimum Gasteiger partial charge on any atom is -0.378 e. The van der Waals surface area contributed by atoms with Crippen molar-refractivity contribution < 1.29 is 4.79 Å². The van der Waals surface area contributed by atoms with Gasteiger partial charge in [-0.2, -0.15) is 5.26 Å². The third-order valence-electron chi connectivity index (χ3n) is 4.27. The van der Waals surface area contributed by atoms with Gasteiger partial charge in [0, 0.05) is 17.1 Å². The zero-order valence-electron chi connectivity index (χ0n) is 15.6. The highest BCUT2D eigenvalue weighted by Gasteiger charge is 2.13. The van der Waals surface area contributed by atoms with Gasteiger partial charge in [-0.1, -0.05) is 38.1 Å². The molecule has 0 radical (unpaired) electrons. The number of Topliss-reactive ketones (excluding diaryl/α,β-unsaturated/α-hetero) is 1. The molecule has 0 spiro atoms. The van der Waals surface area contributed by atoms with E-state index in [-0.39, 0.29) is 17.9 Å². The average molecular weight is 347 g/mol. The number of anilines is 2. The first-order chi connectivity index (χ1) is 12.6. The number of allylic oxidation sites excluding steroid dienone is 1. The van der Waals surface area contributed by atoms with Crippen molar-refractivity contribution in [2.75, 3.05) is 17.2 Å². The Balaban J connectivity index is 2.02. The monoisotopic (exact) mass is 347 g/mol. The van der Waals surface area contributed by atoms with E-state index in [1.165, 1.54) is 11.1 Å². The molecule has 2 N–H and O–H groups in total. The van der Waals surface area contributed by atoms with Crippen LogP contribution in [0.15, 0.2) is 59.8 Å². The Labute approximate surface area is 155 Å². The van der Waals surface area contributed by atoms with Crippen LogP contribution in [0.4, 0.5) is 11.4 Å². The van der Waals surface area contributed by atoms with Crippen molar-refractivity contribution in [3.05, 3.63) is 70.9 Å². The molecule has 0 saturated carbocycles. The molecule has 26 heavy (non-hydrogen) atoms. The normalized spacial score (nSPS) is 11.3. The van der Waals surface area contributed by atoms with Crippen LogP contribution in [-0.2, 0) is 17.6 Å². The lowest BCUT2D eigenvalue weighted by Crippen LogP contribution is -2.18. The molecule has 4 nitrogen and oxygen atoms in total. The Bertz CT molecular complexity index is 812. The Morgan fingerprint density at radius 1 is 0.923 bits per heavy atom. The van der Waals surface area contributed by atoms with Gasteiger partial charge in [-0.3, -0.25) is 4.79 Å². The summed E-state index contributed by atoms with van der Waals surface area (Å²) in [7, 11) is 0. The first-order valence-corrected chi connectivity index (χ1v) is 8.90. The number of hydrogen-bond donors (Lipinski definition) is 2. The fourth-order valence-corrected chi connectivity index (χ4v) is 2.59. The van der Waals surface area contributed by atoms with Crippen LogP contribution in [0.25, 0.3) is 0 Å². The average Bonchev–Trinajstić information content (AvgIpc) is 2.68. The van der Waals surface area contributed by atoms with Gasteiger partial charge < -0.3 is 10.6 Å². The van der Waals surface area contributed by atoms with Gasteiger partial charge in [-0.15, -0.1) is 0 Å². The summed E-state index contributed by atoms with van der Waals surface area (Å²) in [6, 6.07) is 17.9. The van der Waals surface area contributed by atoms with Gasteiger partial charge in [-0.25, -0.2) is 0 Å². The van der Waals surface area contributed by atoms with Crippen LogP contribution in [0.3, 0.4) is 0 Å². The molecule has 0 saturated heterocycles. The fraction of sp³-hybridized carbons (Fsp3) is 0.273. The maximum atomic E-state index is 12.4. The predicted octanol–water partition coefficient (Wildman–Crippen LogP) is 4.70. The second-order valence-corrected chi connectivity index (χ2v) is 6.11. The number of nitrogens with zero attached hydrogens (tertiary/aromatic N) is 1. The van der Waals surface area contributed by atoms with E-state index in [2.05, 4.69) is 24.5 Å². The van der Waals surface area contributed by atoms with Crippen LogP contribution in [0.1, 0.15) is 31.9 Å². The molecule has 0 atom stereocenters. The molecular weight excluding hydrogens is 322 g/mol. The Morgan fingerprint density at radius 3 is 1.88 bits per heavy atom.